The molecular formula is C19H19IN2. The molecule has 0 N–H and O–H groups in total. The van der Waals surface area contributed by atoms with Crippen molar-refractivity contribution in [1.82, 2.24) is 0 Å². The lowest BCUT2D eigenvalue weighted by Crippen LogP contribution is -2.23. The number of benzene rings is 2. The van der Waals surface area contributed by atoms with Crippen LogP contribution in [-0.2, 0) is 5.41 Å². The van der Waals surface area contributed by atoms with Crippen molar-refractivity contribution in [3.8, 4) is 0 Å². The molecule has 0 aromatic heterocycles. The van der Waals surface area contributed by atoms with E-state index in [9.17, 15) is 0 Å². The van der Waals surface area contributed by atoms with Crippen LogP contribution in [0.15, 0.2) is 65.3 Å². The number of rotatable bonds is 2. The van der Waals surface area contributed by atoms with E-state index in [2.05, 4.69) is 89.8 Å². The molecule has 1 heterocycles. The van der Waals surface area contributed by atoms with E-state index in [4.69, 9.17) is 0 Å². The van der Waals surface area contributed by atoms with Crippen LogP contribution >= 0.6 is 22.6 Å². The van der Waals surface area contributed by atoms with Gasteiger partial charge in [-0.1, -0.05) is 44.2 Å². The summed E-state index contributed by atoms with van der Waals surface area (Å²) in [6, 6.07) is 16.7. The van der Waals surface area contributed by atoms with Crippen LogP contribution in [-0.4, -0.2) is 13.3 Å². The fourth-order valence-corrected chi connectivity index (χ4v) is 3.57. The summed E-state index contributed by atoms with van der Waals surface area (Å²) in [4.78, 5) is 6.86. The van der Waals surface area contributed by atoms with Crippen molar-refractivity contribution in [3.63, 3.8) is 0 Å². The second-order valence-electron chi connectivity index (χ2n) is 5.98. The first kappa shape index (κ1) is 15.3. The molecule has 0 fully saturated rings. The second kappa shape index (κ2) is 5.88. The summed E-state index contributed by atoms with van der Waals surface area (Å²) >= 11 is 2.31. The quantitative estimate of drug-likeness (QED) is 0.492. The summed E-state index contributed by atoms with van der Waals surface area (Å²) in [5.74, 6) is 0. The molecule has 0 saturated carbocycles. The van der Waals surface area contributed by atoms with Crippen LogP contribution in [0, 0.1) is 3.57 Å². The first-order valence-electron chi connectivity index (χ1n) is 7.34. The number of hydrogen-bond donors (Lipinski definition) is 0. The van der Waals surface area contributed by atoms with E-state index in [1.165, 1.54) is 16.9 Å². The number of hydrogen-bond acceptors (Lipinski definition) is 2. The van der Waals surface area contributed by atoms with E-state index < -0.39 is 0 Å². The number of aliphatic imine (C=N–C) groups is 1. The minimum absolute atomic E-state index is 0.00120. The number of anilines is 1. The second-order valence-corrected chi connectivity index (χ2v) is 7.14. The Morgan fingerprint density at radius 3 is 2.45 bits per heavy atom. The van der Waals surface area contributed by atoms with E-state index in [1.807, 2.05) is 24.4 Å². The number of fused-ring (bicyclic) bond motifs is 1. The van der Waals surface area contributed by atoms with Gasteiger partial charge in [0, 0.05) is 33.6 Å². The number of para-hydroxylation sites is 2. The Labute approximate surface area is 145 Å². The third-order valence-corrected chi connectivity index (χ3v) is 5.15. The van der Waals surface area contributed by atoms with Gasteiger partial charge in [0.15, 0.2) is 0 Å². The van der Waals surface area contributed by atoms with Gasteiger partial charge >= 0.3 is 0 Å². The average Bonchev–Trinajstić information content (AvgIpc) is 2.70. The maximum absolute atomic E-state index is 4.60. The molecule has 2 aromatic carbocycles. The van der Waals surface area contributed by atoms with E-state index in [-0.39, 0.29) is 5.41 Å². The number of allylic oxidation sites excluding steroid dienone is 2. The predicted octanol–water partition coefficient (Wildman–Crippen LogP) is 5.31. The molecule has 0 atom stereocenters. The van der Waals surface area contributed by atoms with Crippen LogP contribution < -0.4 is 4.90 Å². The van der Waals surface area contributed by atoms with Gasteiger partial charge in [0.05, 0.1) is 5.69 Å². The van der Waals surface area contributed by atoms with Crippen LogP contribution in [0.3, 0.4) is 0 Å². The molecular weight excluding hydrogens is 383 g/mol. The maximum atomic E-state index is 4.60. The lowest BCUT2D eigenvalue weighted by atomic mass is 9.84. The van der Waals surface area contributed by atoms with Crippen molar-refractivity contribution >= 4 is 40.2 Å². The van der Waals surface area contributed by atoms with Crippen LogP contribution in [0.4, 0.5) is 11.4 Å². The van der Waals surface area contributed by atoms with Gasteiger partial charge in [-0.15, -0.1) is 0 Å². The number of halogens is 1. The van der Waals surface area contributed by atoms with Gasteiger partial charge in [-0.05, 0) is 52.4 Å². The van der Waals surface area contributed by atoms with Crippen molar-refractivity contribution in [2.24, 2.45) is 4.99 Å². The molecule has 0 aliphatic carbocycles. The van der Waals surface area contributed by atoms with Crippen LogP contribution in [0.5, 0.6) is 0 Å². The third-order valence-electron chi connectivity index (χ3n) is 4.24. The first-order chi connectivity index (χ1) is 10.5. The highest BCUT2D eigenvalue weighted by atomic mass is 127. The fraction of sp³-hybridized carbons (Fsp3) is 0.211. The Morgan fingerprint density at radius 1 is 1.05 bits per heavy atom. The minimum atomic E-state index is 0.00120. The summed E-state index contributed by atoms with van der Waals surface area (Å²) < 4.78 is 1.16. The summed E-state index contributed by atoms with van der Waals surface area (Å²) in [5.41, 5.74) is 4.92. The van der Waals surface area contributed by atoms with Gasteiger partial charge < -0.3 is 4.90 Å². The Kier molecular flexibility index (Phi) is 4.08. The van der Waals surface area contributed by atoms with Crippen LogP contribution in [0.2, 0.25) is 0 Å². The number of nitrogens with zero attached hydrogens (tertiary/aromatic N) is 2. The molecule has 3 heteroatoms. The lowest BCUT2D eigenvalue weighted by Gasteiger charge is -2.23. The zero-order valence-electron chi connectivity index (χ0n) is 13.0. The highest BCUT2D eigenvalue weighted by Gasteiger charge is 2.37. The first-order valence-corrected chi connectivity index (χ1v) is 8.42. The zero-order chi connectivity index (χ0) is 15.7. The molecule has 1 aliphatic rings. The minimum Gasteiger partial charge on any atom is -0.347 e. The third kappa shape index (κ3) is 2.58. The monoisotopic (exact) mass is 402 g/mol. The fourth-order valence-electron chi connectivity index (χ4n) is 3.05. The molecule has 112 valence electrons. The van der Waals surface area contributed by atoms with E-state index in [1.54, 1.807) is 0 Å². The van der Waals surface area contributed by atoms with Crippen LogP contribution in [0.25, 0.3) is 0 Å². The summed E-state index contributed by atoms with van der Waals surface area (Å²) in [6.45, 7) is 4.53. The predicted molar refractivity (Wildman–Crippen MR) is 103 cm³/mol. The van der Waals surface area contributed by atoms with E-state index in [0.29, 0.717) is 0 Å². The molecule has 3 rings (SSSR count). The van der Waals surface area contributed by atoms with Crippen molar-refractivity contribution < 1.29 is 0 Å². The van der Waals surface area contributed by atoms with Gasteiger partial charge in [-0.2, -0.15) is 0 Å². The molecule has 0 radical (unpaired) electrons. The molecule has 0 spiro atoms. The van der Waals surface area contributed by atoms with Gasteiger partial charge in [0.2, 0.25) is 0 Å². The average molecular weight is 402 g/mol. The topological polar surface area (TPSA) is 15.6 Å². The smallest absolute Gasteiger partial charge is 0.0762 e. The Bertz CT molecular complexity index is 760. The van der Waals surface area contributed by atoms with E-state index >= 15 is 0 Å². The summed E-state index contributed by atoms with van der Waals surface area (Å²) in [7, 11) is 2.12. The van der Waals surface area contributed by atoms with Crippen molar-refractivity contribution in [1.29, 1.82) is 0 Å². The highest BCUT2D eigenvalue weighted by Crippen LogP contribution is 2.46. The SMILES string of the molecule is CN1/C(=C\C=Nc2ccccc2I)C(C)(C)c2ccccc21. The Hall–Kier alpha value is -1.62. The van der Waals surface area contributed by atoms with E-state index in [0.717, 1.165) is 9.26 Å². The van der Waals surface area contributed by atoms with Gasteiger partial charge in [0.1, 0.15) is 0 Å². The molecule has 0 amide bonds. The molecule has 0 saturated heterocycles. The molecule has 22 heavy (non-hydrogen) atoms. The highest BCUT2D eigenvalue weighted by molar-refractivity contribution is 14.1. The van der Waals surface area contributed by atoms with Crippen LogP contribution in [0.1, 0.15) is 19.4 Å². The van der Waals surface area contributed by atoms with Gasteiger partial charge in [-0.3, -0.25) is 4.99 Å². The van der Waals surface area contributed by atoms with Gasteiger partial charge in [0.25, 0.3) is 0 Å². The maximum Gasteiger partial charge on any atom is 0.0762 e. The van der Waals surface area contributed by atoms with Crippen molar-refractivity contribution in [2.75, 3.05) is 11.9 Å². The van der Waals surface area contributed by atoms with Gasteiger partial charge in [-0.25, -0.2) is 0 Å². The molecule has 0 bridgehead atoms. The molecule has 1 aliphatic heterocycles. The molecule has 2 aromatic rings. The number of likely N-dealkylation sites (N-methyl/N-ethyl adjacent to an activating group) is 1. The summed E-state index contributed by atoms with van der Waals surface area (Å²) in [5, 5.41) is 0. The lowest BCUT2D eigenvalue weighted by molar-refractivity contribution is 0.641. The Morgan fingerprint density at radius 2 is 1.73 bits per heavy atom. The zero-order valence-corrected chi connectivity index (χ0v) is 15.2. The molecule has 2 nitrogen and oxygen atoms in total. The standard InChI is InChI=1S/C19H19IN2/c1-19(2)14-8-4-7-11-17(14)22(3)18(19)12-13-21-16-10-6-5-9-15(16)20/h4-13H,1-3H3/b18-12-,21-13?. The van der Waals surface area contributed by atoms with Crippen molar-refractivity contribution in [2.45, 2.75) is 19.3 Å². The Balaban J connectivity index is 1.94. The normalized spacial score (nSPS) is 18.2. The van der Waals surface area contributed by atoms with Crippen molar-refractivity contribution in [3.05, 3.63) is 69.4 Å². The summed E-state index contributed by atoms with van der Waals surface area (Å²) in [6.07, 6.45) is 4.04. The largest absolute Gasteiger partial charge is 0.347 e. The molecule has 0 unspecified atom stereocenters.